The van der Waals surface area contributed by atoms with Gasteiger partial charge in [-0.25, -0.2) is 0 Å². The summed E-state index contributed by atoms with van der Waals surface area (Å²) >= 11 is 0. The van der Waals surface area contributed by atoms with Gasteiger partial charge in [-0.3, -0.25) is 4.21 Å². The number of nitrogens with zero attached hydrogens (tertiary/aromatic N) is 1. The van der Waals surface area contributed by atoms with E-state index >= 15 is 0 Å². The van der Waals surface area contributed by atoms with Gasteiger partial charge < -0.3 is 10.2 Å². The van der Waals surface area contributed by atoms with Gasteiger partial charge in [-0.2, -0.15) is 0 Å². The Labute approximate surface area is 102 Å². The normalized spacial score (nSPS) is 29.2. The minimum atomic E-state index is -0.636. The molecule has 0 amide bonds. The molecule has 0 radical (unpaired) electrons. The highest BCUT2D eigenvalue weighted by molar-refractivity contribution is 7.84. The highest BCUT2D eigenvalue weighted by atomic mass is 32.2. The zero-order valence-electron chi connectivity index (χ0n) is 10.9. The Morgan fingerprint density at radius 3 is 2.81 bits per heavy atom. The molecule has 1 heterocycles. The van der Waals surface area contributed by atoms with Crippen LogP contribution in [0.25, 0.3) is 0 Å². The summed E-state index contributed by atoms with van der Waals surface area (Å²) in [5.74, 6) is 1.57. The fourth-order valence-corrected chi connectivity index (χ4v) is 2.94. The van der Waals surface area contributed by atoms with Crippen molar-refractivity contribution in [2.24, 2.45) is 5.92 Å². The van der Waals surface area contributed by atoms with Gasteiger partial charge in [0.2, 0.25) is 0 Å². The molecule has 0 aliphatic carbocycles. The van der Waals surface area contributed by atoms with Gasteiger partial charge in [-0.1, -0.05) is 13.8 Å². The molecule has 3 unspecified atom stereocenters. The molecule has 16 heavy (non-hydrogen) atoms. The van der Waals surface area contributed by atoms with Gasteiger partial charge >= 0.3 is 0 Å². The highest BCUT2D eigenvalue weighted by Crippen LogP contribution is 2.16. The number of likely N-dealkylation sites (tertiary alicyclic amines) is 1. The number of piperidine rings is 1. The fraction of sp³-hybridized carbons (Fsp3) is 1.00. The van der Waals surface area contributed by atoms with E-state index in [2.05, 4.69) is 24.1 Å². The summed E-state index contributed by atoms with van der Waals surface area (Å²) in [5.41, 5.74) is 0. The van der Waals surface area contributed by atoms with Crippen LogP contribution in [0.3, 0.4) is 0 Å². The first-order valence-corrected chi connectivity index (χ1v) is 8.12. The van der Waals surface area contributed by atoms with Crippen LogP contribution in [0.5, 0.6) is 0 Å². The Hall–Kier alpha value is 0.0700. The molecule has 0 spiro atoms. The SMILES string of the molecule is CCN1CCC(NCCCS(C)=O)C(C)C1. The molecule has 3 atom stereocenters. The Kier molecular flexibility index (Phi) is 6.54. The number of nitrogens with one attached hydrogen (secondary N) is 1. The van der Waals surface area contributed by atoms with Gasteiger partial charge in [0.15, 0.2) is 0 Å². The lowest BCUT2D eigenvalue weighted by molar-refractivity contribution is 0.154. The minimum Gasteiger partial charge on any atom is -0.314 e. The van der Waals surface area contributed by atoms with Gasteiger partial charge in [0.05, 0.1) is 0 Å². The van der Waals surface area contributed by atoms with Gasteiger partial charge in [0, 0.05) is 35.4 Å². The van der Waals surface area contributed by atoms with Crippen molar-refractivity contribution in [1.29, 1.82) is 0 Å². The molecule has 0 bridgehead atoms. The van der Waals surface area contributed by atoms with E-state index in [1.807, 2.05) is 0 Å². The Morgan fingerprint density at radius 1 is 1.50 bits per heavy atom. The molecule has 3 nitrogen and oxygen atoms in total. The molecule has 1 saturated heterocycles. The van der Waals surface area contributed by atoms with E-state index in [0.29, 0.717) is 6.04 Å². The van der Waals surface area contributed by atoms with Crippen molar-refractivity contribution in [2.75, 3.05) is 38.2 Å². The third kappa shape index (κ3) is 4.93. The summed E-state index contributed by atoms with van der Waals surface area (Å²) in [5, 5.41) is 3.61. The quantitative estimate of drug-likeness (QED) is 0.712. The third-order valence-corrected chi connectivity index (χ3v) is 4.32. The van der Waals surface area contributed by atoms with Crippen molar-refractivity contribution in [3.8, 4) is 0 Å². The molecule has 4 heteroatoms. The van der Waals surface area contributed by atoms with Crippen LogP contribution in [0.4, 0.5) is 0 Å². The van der Waals surface area contributed by atoms with Crippen LogP contribution in [-0.2, 0) is 10.8 Å². The van der Waals surface area contributed by atoms with Crippen molar-refractivity contribution in [1.82, 2.24) is 10.2 Å². The number of hydrogen-bond acceptors (Lipinski definition) is 3. The standard InChI is InChI=1S/C12H26N2OS/c1-4-14-8-6-12(11(2)10-14)13-7-5-9-16(3)15/h11-13H,4-10H2,1-3H3. The van der Waals surface area contributed by atoms with Gasteiger partial charge in [-0.15, -0.1) is 0 Å². The number of rotatable bonds is 6. The van der Waals surface area contributed by atoms with Crippen LogP contribution in [0.2, 0.25) is 0 Å². The summed E-state index contributed by atoms with van der Waals surface area (Å²) in [6, 6.07) is 0.660. The van der Waals surface area contributed by atoms with Crippen molar-refractivity contribution < 1.29 is 4.21 Å². The Bertz CT molecular complexity index is 223. The molecule has 1 N–H and O–H groups in total. The number of hydrogen-bond donors (Lipinski definition) is 1. The maximum Gasteiger partial charge on any atom is 0.0244 e. The highest BCUT2D eigenvalue weighted by Gasteiger charge is 2.24. The van der Waals surface area contributed by atoms with E-state index in [0.717, 1.165) is 24.6 Å². The monoisotopic (exact) mass is 246 g/mol. The summed E-state index contributed by atoms with van der Waals surface area (Å²) in [4.78, 5) is 2.52. The van der Waals surface area contributed by atoms with Gasteiger partial charge in [-0.05, 0) is 38.4 Å². The first kappa shape index (κ1) is 14.1. The lowest BCUT2D eigenvalue weighted by atomic mass is 9.94. The van der Waals surface area contributed by atoms with Crippen LogP contribution in [0.1, 0.15) is 26.7 Å². The maximum atomic E-state index is 10.9. The summed E-state index contributed by atoms with van der Waals surface area (Å²) in [7, 11) is -0.636. The van der Waals surface area contributed by atoms with E-state index < -0.39 is 10.8 Å². The van der Waals surface area contributed by atoms with E-state index in [4.69, 9.17) is 0 Å². The predicted octanol–water partition coefficient (Wildman–Crippen LogP) is 1.07. The lowest BCUT2D eigenvalue weighted by Gasteiger charge is -2.36. The van der Waals surface area contributed by atoms with E-state index in [1.54, 1.807) is 6.26 Å². The average Bonchev–Trinajstić information content (AvgIpc) is 2.25. The molecular weight excluding hydrogens is 220 g/mol. The second-order valence-electron chi connectivity index (χ2n) is 4.85. The minimum absolute atomic E-state index is 0.636. The van der Waals surface area contributed by atoms with Crippen LogP contribution in [0, 0.1) is 5.92 Å². The Morgan fingerprint density at radius 2 is 2.25 bits per heavy atom. The van der Waals surface area contributed by atoms with E-state index in [9.17, 15) is 4.21 Å². The first-order valence-electron chi connectivity index (χ1n) is 6.39. The van der Waals surface area contributed by atoms with Crippen molar-refractivity contribution in [3.63, 3.8) is 0 Å². The zero-order valence-corrected chi connectivity index (χ0v) is 11.7. The largest absolute Gasteiger partial charge is 0.314 e. The molecule has 1 aliphatic rings. The molecule has 1 aliphatic heterocycles. The van der Waals surface area contributed by atoms with Crippen LogP contribution in [-0.4, -0.2) is 53.3 Å². The second-order valence-corrected chi connectivity index (χ2v) is 6.41. The molecule has 0 saturated carbocycles. The Balaban J connectivity index is 2.15. The van der Waals surface area contributed by atoms with E-state index in [-0.39, 0.29) is 0 Å². The summed E-state index contributed by atoms with van der Waals surface area (Å²) in [6.45, 7) is 9.19. The van der Waals surface area contributed by atoms with Crippen molar-refractivity contribution in [3.05, 3.63) is 0 Å². The van der Waals surface area contributed by atoms with Gasteiger partial charge in [0.1, 0.15) is 0 Å². The average molecular weight is 246 g/mol. The first-order chi connectivity index (χ1) is 7.63. The molecule has 0 aromatic carbocycles. The van der Waals surface area contributed by atoms with Crippen LogP contribution < -0.4 is 5.32 Å². The third-order valence-electron chi connectivity index (χ3n) is 3.45. The van der Waals surface area contributed by atoms with Crippen LogP contribution >= 0.6 is 0 Å². The lowest BCUT2D eigenvalue weighted by Crippen LogP contribution is -2.48. The molecule has 1 rings (SSSR count). The predicted molar refractivity (Wildman–Crippen MR) is 71.2 cm³/mol. The second kappa shape index (κ2) is 7.41. The summed E-state index contributed by atoms with van der Waals surface area (Å²) < 4.78 is 10.9. The molecular formula is C12H26N2OS. The summed E-state index contributed by atoms with van der Waals surface area (Å²) in [6.07, 6.45) is 4.07. The molecule has 96 valence electrons. The van der Waals surface area contributed by atoms with E-state index in [1.165, 1.54) is 26.1 Å². The zero-order chi connectivity index (χ0) is 12.0. The smallest absolute Gasteiger partial charge is 0.0244 e. The van der Waals surface area contributed by atoms with Crippen molar-refractivity contribution in [2.45, 2.75) is 32.7 Å². The van der Waals surface area contributed by atoms with Crippen LogP contribution in [0.15, 0.2) is 0 Å². The fourth-order valence-electron chi connectivity index (χ4n) is 2.39. The molecule has 0 aromatic heterocycles. The van der Waals surface area contributed by atoms with Gasteiger partial charge in [0.25, 0.3) is 0 Å². The molecule has 1 fully saturated rings. The maximum absolute atomic E-state index is 10.9. The topological polar surface area (TPSA) is 32.3 Å². The van der Waals surface area contributed by atoms with Crippen molar-refractivity contribution >= 4 is 10.8 Å². The molecule has 0 aromatic rings.